The SMILES string of the molecule is CCOC(=O)c1ccc(NCCc2ccc(OC)c(OC)c2)c(Br)c1. The maximum atomic E-state index is 11.7. The van der Waals surface area contributed by atoms with Crippen LogP contribution in [0.15, 0.2) is 40.9 Å². The Kier molecular flexibility index (Phi) is 7.13. The summed E-state index contributed by atoms with van der Waals surface area (Å²) in [6.45, 7) is 2.89. The number of carbonyl (C=O) groups excluding carboxylic acids is 1. The first-order valence-corrected chi connectivity index (χ1v) is 8.79. The first-order chi connectivity index (χ1) is 12.1. The zero-order valence-electron chi connectivity index (χ0n) is 14.6. The van der Waals surface area contributed by atoms with Crippen LogP contribution in [0.5, 0.6) is 11.5 Å². The molecule has 2 aromatic carbocycles. The average Bonchev–Trinajstić information content (AvgIpc) is 2.63. The van der Waals surface area contributed by atoms with Gasteiger partial charge in [0.25, 0.3) is 0 Å². The van der Waals surface area contributed by atoms with E-state index < -0.39 is 0 Å². The Hall–Kier alpha value is -2.21. The van der Waals surface area contributed by atoms with Gasteiger partial charge in [-0.2, -0.15) is 0 Å². The summed E-state index contributed by atoms with van der Waals surface area (Å²) in [5.41, 5.74) is 2.59. The molecular weight excluding hydrogens is 386 g/mol. The molecule has 0 aromatic heterocycles. The van der Waals surface area contributed by atoms with Gasteiger partial charge in [-0.1, -0.05) is 6.07 Å². The minimum Gasteiger partial charge on any atom is -0.493 e. The Balaban J connectivity index is 1.96. The van der Waals surface area contributed by atoms with E-state index in [1.54, 1.807) is 33.3 Å². The first-order valence-electron chi connectivity index (χ1n) is 8.00. The molecule has 0 aliphatic heterocycles. The Morgan fingerprint density at radius 1 is 1.08 bits per heavy atom. The van der Waals surface area contributed by atoms with Gasteiger partial charge < -0.3 is 19.5 Å². The second kappa shape index (κ2) is 9.32. The van der Waals surface area contributed by atoms with E-state index in [1.165, 1.54) is 0 Å². The number of nitrogens with one attached hydrogen (secondary N) is 1. The fourth-order valence-corrected chi connectivity index (χ4v) is 2.90. The third-order valence-corrected chi connectivity index (χ3v) is 4.31. The molecule has 0 heterocycles. The van der Waals surface area contributed by atoms with Crippen molar-refractivity contribution in [2.24, 2.45) is 0 Å². The van der Waals surface area contributed by atoms with Gasteiger partial charge in [0.2, 0.25) is 0 Å². The lowest BCUT2D eigenvalue weighted by Gasteiger charge is -2.12. The van der Waals surface area contributed by atoms with E-state index in [0.29, 0.717) is 12.2 Å². The van der Waals surface area contributed by atoms with Gasteiger partial charge in [0, 0.05) is 16.7 Å². The lowest BCUT2D eigenvalue weighted by molar-refractivity contribution is 0.0526. The van der Waals surface area contributed by atoms with E-state index in [0.717, 1.165) is 40.2 Å². The minimum absolute atomic E-state index is 0.319. The standard InChI is InChI=1S/C19H22BrNO4/c1-4-25-19(22)14-6-7-16(15(20)12-14)21-10-9-13-5-8-17(23-2)18(11-13)24-3/h5-8,11-12,21H,4,9-10H2,1-3H3. The van der Waals surface area contributed by atoms with Crippen LogP contribution in [0, 0.1) is 0 Å². The number of ether oxygens (including phenoxy) is 3. The van der Waals surface area contributed by atoms with E-state index in [9.17, 15) is 4.79 Å². The summed E-state index contributed by atoms with van der Waals surface area (Å²) in [5, 5.41) is 3.35. The van der Waals surface area contributed by atoms with Crippen LogP contribution in [-0.2, 0) is 11.2 Å². The smallest absolute Gasteiger partial charge is 0.338 e. The molecule has 6 heteroatoms. The van der Waals surface area contributed by atoms with Crippen molar-refractivity contribution >= 4 is 27.6 Å². The number of halogens is 1. The quantitative estimate of drug-likeness (QED) is 0.661. The summed E-state index contributed by atoms with van der Waals surface area (Å²) in [7, 11) is 3.25. The third kappa shape index (κ3) is 5.13. The van der Waals surface area contributed by atoms with Crippen LogP contribution in [0.4, 0.5) is 5.69 Å². The molecule has 0 saturated heterocycles. The zero-order valence-corrected chi connectivity index (χ0v) is 16.2. The number of rotatable bonds is 8. The predicted octanol–water partition coefficient (Wildman–Crippen LogP) is 4.30. The van der Waals surface area contributed by atoms with Gasteiger partial charge in [-0.3, -0.25) is 0 Å². The monoisotopic (exact) mass is 407 g/mol. The van der Waals surface area contributed by atoms with Crippen LogP contribution in [0.1, 0.15) is 22.8 Å². The van der Waals surface area contributed by atoms with Crippen LogP contribution in [0.25, 0.3) is 0 Å². The molecule has 0 bridgehead atoms. The number of methoxy groups -OCH3 is 2. The summed E-state index contributed by atoms with van der Waals surface area (Å²) in [4.78, 5) is 11.7. The van der Waals surface area contributed by atoms with Crippen molar-refractivity contribution in [2.75, 3.05) is 32.7 Å². The van der Waals surface area contributed by atoms with Crippen LogP contribution in [0.3, 0.4) is 0 Å². The van der Waals surface area contributed by atoms with Crippen molar-refractivity contribution in [3.8, 4) is 11.5 Å². The van der Waals surface area contributed by atoms with Crippen molar-refractivity contribution in [3.63, 3.8) is 0 Å². The summed E-state index contributed by atoms with van der Waals surface area (Å²) in [6, 6.07) is 11.3. The minimum atomic E-state index is -0.319. The molecule has 25 heavy (non-hydrogen) atoms. The van der Waals surface area contributed by atoms with Gasteiger partial charge in [-0.25, -0.2) is 4.79 Å². The molecule has 1 N–H and O–H groups in total. The Morgan fingerprint density at radius 3 is 2.48 bits per heavy atom. The number of carbonyl (C=O) groups is 1. The lowest BCUT2D eigenvalue weighted by Crippen LogP contribution is -2.08. The highest BCUT2D eigenvalue weighted by atomic mass is 79.9. The van der Waals surface area contributed by atoms with E-state index in [-0.39, 0.29) is 5.97 Å². The number of anilines is 1. The van der Waals surface area contributed by atoms with Crippen LogP contribution >= 0.6 is 15.9 Å². The Bertz CT molecular complexity index is 733. The van der Waals surface area contributed by atoms with E-state index in [1.807, 2.05) is 24.3 Å². The Morgan fingerprint density at radius 2 is 1.84 bits per heavy atom. The number of hydrogen-bond donors (Lipinski definition) is 1. The van der Waals surface area contributed by atoms with E-state index >= 15 is 0 Å². The molecule has 0 unspecified atom stereocenters. The molecule has 0 spiro atoms. The maximum absolute atomic E-state index is 11.7. The van der Waals surface area contributed by atoms with Gasteiger partial charge in [-0.15, -0.1) is 0 Å². The van der Waals surface area contributed by atoms with Crippen molar-refractivity contribution in [1.29, 1.82) is 0 Å². The van der Waals surface area contributed by atoms with Crippen molar-refractivity contribution in [1.82, 2.24) is 0 Å². The number of benzene rings is 2. The molecular formula is C19H22BrNO4. The molecule has 0 aliphatic rings. The second-order valence-electron chi connectivity index (χ2n) is 5.28. The molecule has 0 atom stereocenters. The fourth-order valence-electron chi connectivity index (χ4n) is 2.38. The summed E-state index contributed by atoms with van der Waals surface area (Å²) < 4.78 is 16.4. The molecule has 5 nitrogen and oxygen atoms in total. The van der Waals surface area contributed by atoms with Gasteiger partial charge in [0.1, 0.15) is 0 Å². The highest BCUT2D eigenvalue weighted by Gasteiger charge is 2.09. The van der Waals surface area contributed by atoms with Crippen LogP contribution in [-0.4, -0.2) is 33.3 Å². The summed E-state index contributed by atoms with van der Waals surface area (Å²) >= 11 is 3.49. The van der Waals surface area contributed by atoms with E-state index in [2.05, 4.69) is 21.2 Å². The highest BCUT2D eigenvalue weighted by molar-refractivity contribution is 9.10. The summed E-state index contributed by atoms with van der Waals surface area (Å²) in [6.07, 6.45) is 0.826. The van der Waals surface area contributed by atoms with Crippen LogP contribution in [0.2, 0.25) is 0 Å². The predicted molar refractivity (Wildman–Crippen MR) is 102 cm³/mol. The van der Waals surface area contributed by atoms with E-state index in [4.69, 9.17) is 14.2 Å². The topological polar surface area (TPSA) is 56.8 Å². The molecule has 0 amide bonds. The molecule has 2 aromatic rings. The highest BCUT2D eigenvalue weighted by Crippen LogP contribution is 2.28. The van der Waals surface area contributed by atoms with Gasteiger partial charge in [-0.05, 0) is 65.2 Å². The molecule has 134 valence electrons. The number of esters is 1. The van der Waals surface area contributed by atoms with Gasteiger partial charge in [0.05, 0.1) is 26.4 Å². The number of hydrogen-bond acceptors (Lipinski definition) is 5. The fraction of sp³-hybridized carbons (Fsp3) is 0.316. The third-order valence-electron chi connectivity index (χ3n) is 3.66. The normalized spacial score (nSPS) is 10.2. The van der Waals surface area contributed by atoms with Crippen molar-refractivity contribution in [2.45, 2.75) is 13.3 Å². The van der Waals surface area contributed by atoms with Crippen molar-refractivity contribution in [3.05, 3.63) is 52.0 Å². The van der Waals surface area contributed by atoms with Crippen LogP contribution < -0.4 is 14.8 Å². The summed E-state index contributed by atoms with van der Waals surface area (Å²) in [5.74, 6) is 1.12. The zero-order chi connectivity index (χ0) is 18.2. The molecule has 0 saturated carbocycles. The van der Waals surface area contributed by atoms with Crippen molar-refractivity contribution < 1.29 is 19.0 Å². The molecule has 0 aliphatic carbocycles. The largest absolute Gasteiger partial charge is 0.493 e. The molecule has 0 fully saturated rings. The maximum Gasteiger partial charge on any atom is 0.338 e. The van der Waals surface area contributed by atoms with Gasteiger partial charge in [0.15, 0.2) is 11.5 Å². The second-order valence-corrected chi connectivity index (χ2v) is 6.14. The molecule has 0 radical (unpaired) electrons. The lowest BCUT2D eigenvalue weighted by atomic mass is 10.1. The molecule has 2 rings (SSSR count). The first kappa shape index (κ1) is 19.1. The van der Waals surface area contributed by atoms with Gasteiger partial charge >= 0.3 is 5.97 Å². The Labute approximate surface area is 156 Å². The average molecular weight is 408 g/mol.